The van der Waals surface area contributed by atoms with Gasteiger partial charge >= 0.3 is 0 Å². The van der Waals surface area contributed by atoms with Crippen LogP contribution >= 0.6 is 15.9 Å². The van der Waals surface area contributed by atoms with Crippen molar-refractivity contribution in [1.29, 1.82) is 0 Å². The summed E-state index contributed by atoms with van der Waals surface area (Å²) in [6, 6.07) is 5.75. The highest BCUT2D eigenvalue weighted by atomic mass is 79.9. The van der Waals surface area contributed by atoms with Crippen molar-refractivity contribution in [3.05, 3.63) is 57.6 Å². The number of imidazole rings is 1. The van der Waals surface area contributed by atoms with E-state index in [1.807, 2.05) is 49.6 Å². The van der Waals surface area contributed by atoms with Gasteiger partial charge in [0.1, 0.15) is 11.5 Å². The van der Waals surface area contributed by atoms with Crippen LogP contribution in [-0.2, 0) is 6.42 Å². The lowest BCUT2D eigenvalue weighted by Gasteiger charge is -2.08. The number of pyridine rings is 2. The lowest BCUT2D eigenvalue weighted by atomic mass is 10.2. The monoisotopic (exact) mass is 372 g/mol. The number of aryl methyl sites for hydroxylation is 3. The predicted molar refractivity (Wildman–Crippen MR) is 93.9 cm³/mol. The number of carbonyl (C=O) groups is 1. The topological polar surface area (TPSA) is 59.3 Å². The molecule has 118 valence electrons. The number of nitrogens with one attached hydrogen (secondary N) is 1. The molecule has 23 heavy (non-hydrogen) atoms. The standard InChI is InChI=1S/C17H17BrN4O/c1-4-13-14(17(23)21-15-11(3)6-5-7-19-15)22-9-10(2)8-12(18)16(22)20-13/h5-9H,4H2,1-3H3,(H,19,21,23). The molecular weight excluding hydrogens is 356 g/mol. The van der Waals surface area contributed by atoms with Crippen LogP contribution in [0.5, 0.6) is 0 Å². The number of rotatable bonds is 3. The number of fused-ring (bicyclic) bond motifs is 1. The van der Waals surface area contributed by atoms with Crippen LogP contribution in [0.2, 0.25) is 0 Å². The third-order valence-electron chi connectivity index (χ3n) is 3.68. The molecule has 0 saturated carbocycles. The van der Waals surface area contributed by atoms with Crippen LogP contribution in [0.15, 0.2) is 35.1 Å². The van der Waals surface area contributed by atoms with Gasteiger partial charge in [-0.25, -0.2) is 9.97 Å². The Morgan fingerprint density at radius 1 is 1.39 bits per heavy atom. The Bertz CT molecular complexity index is 901. The molecule has 0 atom stereocenters. The van der Waals surface area contributed by atoms with Crippen molar-refractivity contribution >= 4 is 33.3 Å². The van der Waals surface area contributed by atoms with Crippen LogP contribution in [0.25, 0.3) is 5.65 Å². The van der Waals surface area contributed by atoms with Crippen LogP contribution in [0.3, 0.4) is 0 Å². The van der Waals surface area contributed by atoms with Gasteiger partial charge in [-0.15, -0.1) is 0 Å². The summed E-state index contributed by atoms with van der Waals surface area (Å²) in [4.78, 5) is 21.6. The van der Waals surface area contributed by atoms with E-state index in [0.717, 1.165) is 26.9 Å². The second-order valence-corrected chi connectivity index (χ2v) is 6.30. The van der Waals surface area contributed by atoms with Gasteiger partial charge in [-0.2, -0.15) is 0 Å². The van der Waals surface area contributed by atoms with Crippen LogP contribution in [0, 0.1) is 13.8 Å². The molecule has 5 nitrogen and oxygen atoms in total. The molecular formula is C17H17BrN4O. The summed E-state index contributed by atoms with van der Waals surface area (Å²) < 4.78 is 2.71. The molecule has 0 spiro atoms. The molecule has 1 N–H and O–H groups in total. The van der Waals surface area contributed by atoms with Crippen molar-refractivity contribution in [1.82, 2.24) is 14.4 Å². The minimum Gasteiger partial charge on any atom is -0.305 e. The Kier molecular flexibility index (Phi) is 4.17. The Labute approximate surface area is 142 Å². The molecule has 6 heteroatoms. The number of nitrogens with zero attached hydrogens (tertiary/aromatic N) is 3. The van der Waals surface area contributed by atoms with E-state index in [1.165, 1.54) is 0 Å². The molecule has 0 aliphatic rings. The van der Waals surface area contributed by atoms with Gasteiger partial charge in [0.2, 0.25) is 0 Å². The molecule has 0 radical (unpaired) electrons. The molecule has 0 saturated heterocycles. The maximum Gasteiger partial charge on any atom is 0.275 e. The van der Waals surface area contributed by atoms with E-state index < -0.39 is 0 Å². The van der Waals surface area contributed by atoms with E-state index in [2.05, 4.69) is 31.2 Å². The van der Waals surface area contributed by atoms with E-state index in [0.29, 0.717) is 17.9 Å². The molecule has 0 bridgehead atoms. The minimum atomic E-state index is -0.200. The highest BCUT2D eigenvalue weighted by molar-refractivity contribution is 9.10. The molecule has 0 aliphatic heterocycles. The van der Waals surface area contributed by atoms with Gasteiger partial charge in [0, 0.05) is 12.4 Å². The number of hydrogen-bond donors (Lipinski definition) is 1. The smallest absolute Gasteiger partial charge is 0.275 e. The summed E-state index contributed by atoms with van der Waals surface area (Å²) in [7, 11) is 0. The first-order valence-electron chi connectivity index (χ1n) is 7.41. The number of hydrogen-bond acceptors (Lipinski definition) is 3. The van der Waals surface area contributed by atoms with Gasteiger partial charge in [0.15, 0.2) is 5.65 Å². The molecule has 3 heterocycles. The Morgan fingerprint density at radius 2 is 2.17 bits per heavy atom. The summed E-state index contributed by atoms with van der Waals surface area (Å²) in [5.41, 5.74) is 4.03. The molecule has 0 fully saturated rings. The summed E-state index contributed by atoms with van der Waals surface area (Å²) in [6.45, 7) is 5.89. The van der Waals surface area contributed by atoms with Gasteiger partial charge in [0.25, 0.3) is 5.91 Å². The average molecular weight is 373 g/mol. The van der Waals surface area contributed by atoms with Gasteiger partial charge in [-0.05, 0) is 59.5 Å². The van der Waals surface area contributed by atoms with Crippen molar-refractivity contribution < 1.29 is 4.79 Å². The zero-order valence-corrected chi connectivity index (χ0v) is 14.8. The zero-order valence-electron chi connectivity index (χ0n) is 13.2. The average Bonchev–Trinajstić information content (AvgIpc) is 2.88. The molecule has 0 unspecified atom stereocenters. The quantitative estimate of drug-likeness (QED) is 0.757. The molecule has 3 rings (SSSR count). The molecule has 3 aromatic rings. The number of aromatic nitrogens is 3. The van der Waals surface area contributed by atoms with E-state index in [9.17, 15) is 4.79 Å². The summed E-state index contributed by atoms with van der Waals surface area (Å²) in [5.74, 6) is 0.370. The predicted octanol–water partition coefficient (Wildman–Crippen LogP) is 3.92. The van der Waals surface area contributed by atoms with Crippen molar-refractivity contribution in [2.75, 3.05) is 5.32 Å². The Balaban J connectivity index is 2.11. The maximum absolute atomic E-state index is 12.8. The molecule has 3 aromatic heterocycles. The first-order valence-corrected chi connectivity index (χ1v) is 8.20. The van der Waals surface area contributed by atoms with Gasteiger partial charge in [0.05, 0.1) is 10.2 Å². The lowest BCUT2D eigenvalue weighted by Crippen LogP contribution is -2.17. The van der Waals surface area contributed by atoms with Crippen LogP contribution in [0.4, 0.5) is 5.82 Å². The number of amides is 1. The minimum absolute atomic E-state index is 0.200. The first-order chi connectivity index (χ1) is 11.0. The fraction of sp³-hybridized carbons (Fsp3) is 0.235. The molecule has 0 aromatic carbocycles. The molecule has 1 amide bonds. The number of anilines is 1. The third-order valence-corrected chi connectivity index (χ3v) is 4.26. The van der Waals surface area contributed by atoms with Crippen molar-refractivity contribution in [2.45, 2.75) is 27.2 Å². The SMILES string of the molecule is CCc1nc2c(Br)cc(C)cn2c1C(=O)Nc1ncccc1C. The highest BCUT2D eigenvalue weighted by Gasteiger charge is 2.20. The van der Waals surface area contributed by atoms with E-state index in [-0.39, 0.29) is 5.91 Å². The summed E-state index contributed by atoms with van der Waals surface area (Å²) in [6.07, 6.45) is 4.27. The lowest BCUT2D eigenvalue weighted by molar-refractivity contribution is 0.102. The van der Waals surface area contributed by atoms with Crippen molar-refractivity contribution in [3.63, 3.8) is 0 Å². The fourth-order valence-corrected chi connectivity index (χ4v) is 3.19. The molecule has 0 aliphatic carbocycles. The summed E-state index contributed by atoms with van der Waals surface area (Å²) >= 11 is 3.52. The fourth-order valence-electron chi connectivity index (χ4n) is 2.55. The van der Waals surface area contributed by atoms with E-state index in [1.54, 1.807) is 6.20 Å². The van der Waals surface area contributed by atoms with Crippen LogP contribution < -0.4 is 5.32 Å². The third kappa shape index (κ3) is 2.86. The van der Waals surface area contributed by atoms with E-state index in [4.69, 9.17) is 0 Å². The zero-order chi connectivity index (χ0) is 16.6. The highest BCUT2D eigenvalue weighted by Crippen LogP contribution is 2.24. The van der Waals surface area contributed by atoms with Gasteiger partial charge in [-0.1, -0.05) is 13.0 Å². The number of carbonyl (C=O) groups excluding carboxylic acids is 1. The Morgan fingerprint density at radius 3 is 2.87 bits per heavy atom. The maximum atomic E-state index is 12.8. The van der Waals surface area contributed by atoms with Crippen molar-refractivity contribution in [3.8, 4) is 0 Å². The normalized spacial score (nSPS) is 11.0. The first kappa shape index (κ1) is 15.7. The van der Waals surface area contributed by atoms with Crippen LogP contribution in [0.1, 0.15) is 34.2 Å². The number of halogens is 1. The van der Waals surface area contributed by atoms with Crippen LogP contribution in [-0.4, -0.2) is 20.3 Å². The van der Waals surface area contributed by atoms with Gasteiger partial charge < -0.3 is 5.32 Å². The Hall–Kier alpha value is -2.21. The summed E-state index contributed by atoms with van der Waals surface area (Å²) in [5, 5.41) is 2.89. The van der Waals surface area contributed by atoms with Gasteiger partial charge in [-0.3, -0.25) is 9.20 Å². The van der Waals surface area contributed by atoms with Crippen molar-refractivity contribution in [2.24, 2.45) is 0 Å². The largest absolute Gasteiger partial charge is 0.305 e. The second kappa shape index (κ2) is 6.12. The van der Waals surface area contributed by atoms with E-state index >= 15 is 0 Å². The second-order valence-electron chi connectivity index (χ2n) is 5.44.